The zero-order valence-electron chi connectivity index (χ0n) is 29.6. The van der Waals surface area contributed by atoms with Crippen molar-refractivity contribution < 1.29 is 41.6 Å². The summed E-state index contributed by atoms with van der Waals surface area (Å²) in [5.74, 6) is 0.0438. The minimum Gasteiger partial charge on any atom is -0.427 e. The Morgan fingerprint density at radius 3 is 2.16 bits per heavy atom. The molecule has 50 heavy (non-hydrogen) atoms. The van der Waals surface area contributed by atoms with E-state index in [0.717, 1.165) is 38.5 Å². The fourth-order valence-electron chi connectivity index (χ4n) is 5.12. The summed E-state index contributed by atoms with van der Waals surface area (Å²) >= 11 is 0. The average Bonchev–Trinajstić information content (AvgIpc) is 3.54. The van der Waals surface area contributed by atoms with Crippen molar-refractivity contribution >= 4 is 21.4 Å². The summed E-state index contributed by atoms with van der Waals surface area (Å²) in [6, 6.07) is 6.50. The van der Waals surface area contributed by atoms with Gasteiger partial charge in [-0.05, 0) is 43.5 Å². The van der Waals surface area contributed by atoms with Crippen LogP contribution in [0.15, 0.2) is 52.2 Å². The van der Waals surface area contributed by atoms with Gasteiger partial charge in [-0.1, -0.05) is 96.3 Å². The lowest BCUT2D eigenvalue weighted by Gasteiger charge is -2.22. The largest absolute Gasteiger partial charge is 0.479 e. The van der Waals surface area contributed by atoms with Crippen molar-refractivity contribution in [2.75, 3.05) is 12.8 Å². The predicted octanol–water partition coefficient (Wildman–Crippen LogP) is 8.02. The third kappa shape index (κ3) is 15.7. The van der Waals surface area contributed by atoms with E-state index in [1.165, 1.54) is 42.9 Å². The Hall–Kier alpha value is -2.67. The maximum absolute atomic E-state index is 13.8. The highest BCUT2D eigenvalue weighted by Crippen LogP contribution is 2.63. The number of unbranched alkanes of at least 4 members (excludes halogenated alkanes) is 10. The fraction of sp³-hybridized carbons (Fsp3) is 0.618. The minimum atomic E-state index is -4.89. The lowest BCUT2D eigenvalue weighted by Crippen LogP contribution is -2.33. The number of aryl methyl sites for hydroxylation is 1. The number of carbonyl (C=O) groups excluding carboxylic acids is 1. The van der Waals surface area contributed by atoms with Crippen molar-refractivity contribution in [1.82, 2.24) is 15.7 Å². The molecule has 0 bridgehead atoms. The number of rotatable bonds is 24. The Morgan fingerprint density at radius 2 is 1.52 bits per heavy atom. The standard InChI is InChI=1S/C34H52N2O11P2.H3N/c1-4-6-8-9-10-11-12-13-14-15-23-48(40,43-25-28-17-19-29(20-18-28)46-32(37)16-7-5-2)47-49(41,42)44-26-30-21-22-31(45-30)36-24-27(3)33(38)35-34(36)39;/h17-22,24,30-31H,4-16,23,25-26H2,1-3H3,(H,41,42)(H,35,38,39);1H3/t30-,31+,48?;/m0./s1. The summed E-state index contributed by atoms with van der Waals surface area (Å²) in [5.41, 5.74) is -0.274. The molecule has 4 atom stereocenters. The molecule has 282 valence electrons. The van der Waals surface area contributed by atoms with Gasteiger partial charge >= 0.3 is 27.1 Å². The molecule has 0 aliphatic carbocycles. The highest BCUT2D eigenvalue weighted by atomic mass is 31.3. The van der Waals surface area contributed by atoms with Crippen LogP contribution in [0.3, 0.4) is 0 Å². The number of ether oxygens (including phenoxy) is 2. The molecule has 2 aromatic rings. The smallest absolute Gasteiger partial charge is 0.427 e. The van der Waals surface area contributed by atoms with E-state index < -0.39 is 45.6 Å². The van der Waals surface area contributed by atoms with Crippen LogP contribution in [-0.2, 0) is 38.6 Å². The lowest BCUT2D eigenvalue weighted by atomic mass is 10.1. The quantitative estimate of drug-likeness (QED) is 0.0307. The number of H-pyrrole nitrogens is 1. The van der Waals surface area contributed by atoms with Crippen LogP contribution in [0.4, 0.5) is 0 Å². The van der Waals surface area contributed by atoms with Crippen LogP contribution in [0.2, 0.25) is 0 Å². The molecular formula is C34H55N3O11P2. The van der Waals surface area contributed by atoms with E-state index in [4.69, 9.17) is 22.8 Å². The number of nitrogens with one attached hydrogen (secondary N) is 1. The van der Waals surface area contributed by atoms with Crippen molar-refractivity contribution in [3.05, 3.63) is 74.6 Å². The second kappa shape index (κ2) is 22.3. The van der Waals surface area contributed by atoms with E-state index in [0.29, 0.717) is 29.7 Å². The van der Waals surface area contributed by atoms with Crippen LogP contribution in [0.1, 0.15) is 115 Å². The molecule has 0 fully saturated rings. The number of benzene rings is 1. The molecule has 0 amide bonds. The summed E-state index contributed by atoms with van der Waals surface area (Å²) in [4.78, 5) is 48.6. The molecule has 14 nitrogen and oxygen atoms in total. The number of aromatic amines is 1. The molecular weight excluding hydrogens is 688 g/mol. The van der Waals surface area contributed by atoms with Crippen molar-refractivity contribution in [2.45, 2.75) is 123 Å². The number of esters is 1. The lowest BCUT2D eigenvalue weighted by molar-refractivity contribution is -0.134. The van der Waals surface area contributed by atoms with Crippen LogP contribution < -0.4 is 22.1 Å². The van der Waals surface area contributed by atoms with Gasteiger partial charge in [0.15, 0.2) is 6.23 Å². The van der Waals surface area contributed by atoms with E-state index >= 15 is 0 Å². The first-order chi connectivity index (χ1) is 23.4. The first-order valence-corrected chi connectivity index (χ1v) is 20.5. The molecule has 1 aromatic carbocycles. The predicted molar refractivity (Wildman–Crippen MR) is 192 cm³/mol. The number of hydrogen-bond donors (Lipinski definition) is 3. The summed E-state index contributed by atoms with van der Waals surface area (Å²) < 4.78 is 55.2. The normalized spacial score (nSPS) is 17.9. The maximum Gasteiger partial charge on any atom is 0.479 e. The van der Waals surface area contributed by atoms with Gasteiger partial charge in [0.1, 0.15) is 11.9 Å². The number of nitrogens with zero attached hydrogens (tertiary/aromatic N) is 1. The van der Waals surface area contributed by atoms with Gasteiger partial charge in [0.2, 0.25) is 0 Å². The van der Waals surface area contributed by atoms with E-state index in [-0.39, 0.29) is 24.9 Å². The van der Waals surface area contributed by atoms with Gasteiger partial charge in [-0.2, -0.15) is 0 Å². The van der Waals surface area contributed by atoms with Gasteiger partial charge in [0.05, 0.1) is 19.4 Å². The van der Waals surface area contributed by atoms with Gasteiger partial charge in [0.25, 0.3) is 5.56 Å². The van der Waals surface area contributed by atoms with E-state index in [2.05, 4.69) is 11.9 Å². The molecule has 2 unspecified atom stereocenters. The molecule has 5 N–H and O–H groups in total. The maximum atomic E-state index is 13.8. The molecule has 3 rings (SSSR count). The molecule has 1 aliphatic rings. The third-order valence-corrected chi connectivity index (χ3v) is 11.6. The van der Waals surface area contributed by atoms with E-state index in [1.807, 2.05) is 6.92 Å². The minimum absolute atomic E-state index is 0. The van der Waals surface area contributed by atoms with Gasteiger partial charge in [-0.3, -0.25) is 28.2 Å². The zero-order valence-corrected chi connectivity index (χ0v) is 31.4. The molecule has 0 radical (unpaired) electrons. The van der Waals surface area contributed by atoms with Crippen LogP contribution in [-0.4, -0.2) is 39.3 Å². The van der Waals surface area contributed by atoms with Crippen LogP contribution in [0.5, 0.6) is 5.75 Å². The second-order valence-corrected chi connectivity index (χ2v) is 16.1. The number of aromatic nitrogens is 2. The summed E-state index contributed by atoms with van der Waals surface area (Å²) in [6.45, 7) is 5.11. The molecule has 1 aliphatic heterocycles. The van der Waals surface area contributed by atoms with Gasteiger partial charge in [0, 0.05) is 18.2 Å². The monoisotopic (exact) mass is 743 g/mol. The molecule has 0 spiro atoms. The summed E-state index contributed by atoms with van der Waals surface area (Å²) in [6.07, 6.45) is 15.1. The Morgan fingerprint density at radius 1 is 0.900 bits per heavy atom. The SMILES string of the molecule is CCCCCCCCCCCCP(=O)(OCc1ccc(OC(=O)CCCC)cc1)OP(=O)(O)OC[C@@H]1C=C[C@H](n2cc(C)c(=O)[nH]c2=O)O1.N. The number of carbonyl (C=O) groups is 1. The molecule has 0 saturated heterocycles. The molecule has 2 heterocycles. The van der Waals surface area contributed by atoms with Gasteiger partial charge in [-0.25, -0.2) is 13.7 Å². The van der Waals surface area contributed by atoms with Crippen LogP contribution in [0.25, 0.3) is 0 Å². The van der Waals surface area contributed by atoms with E-state index in [1.54, 1.807) is 43.3 Å². The van der Waals surface area contributed by atoms with Crippen molar-refractivity contribution in [1.29, 1.82) is 0 Å². The molecule has 0 saturated carbocycles. The van der Waals surface area contributed by atoms with Gasteiger partial charge < -0.3 is 25.0 Å². The Labute approximate surface area is 294 Å². The second-order valence-electron chi connectivity index (χ2n) is 12.3. The van der Waals surface area contributed by atoms with Gasteiger partial charge in [-0.15, -0.1) is 0 Å². The number of phosphoric acid groups is 1. The first-order valence-electron chi connectivity index (χ1n) is 17.3. The third-order valence-electron chi connectivity index (χ3n) is 7.96. The molecule has 16 heteroatoms. The van der Waals surface area contributed by atoms with E-state index in [9.17, 15) is 28.4 Å². The fourth-order valence-corrected chi connectivity index (χ4v) is 8.50. The van der Waals surface area contributed by atoms with Crippen LogP contribution >= 0.6 is 15.4 Å². The highest BCUT2D eigenvalue weighted by Gasteiger charge is 2.37. The van der Waals surface area contributed by atoms with Crippen LogP contribution in [0, 0.1) is 6.92 Å². The highest BCUT2D eigenvalue weighted by molar-refractivity contribution is 7.64. The zero-order chi connectivity index (χ0) is 35.7. The van der Waals surface area contributed by atoms with Crippen molar-refractivity contribution in [3.63, 3.8) is 0 Å². The first kappa shape index (κ1) is 43.5. The van der Waals surface area contributed by atoms with Crippen molar-refractivity contribution in [3.8, 4) is 5.75 Å². The molecule has 1 aromatic heterocycles. The Bertz CT molecular complexity index is 1560. The summed E-state index contributed by atoms with van der Waals surface area (Å²) in [7, 11) is -9.02. The number of hydrogen-bond acceptors (Lipinski definition) is 11. The Balaban J connectivity index is 0.00000867. The van der Waals surface area contributed by atoms with Crippen molar-refractivity contribution in [2.24, 2.45) is 0 Å². The topological polar surface area (TPSA) is 207 Å². The summed E-state index contributed by atoms with van der Waals surface area (Å²) in [5, 5.41) is 0. The average molecular weight is 744 g/mol. The Kier molecular flexibility index (Phi) is 19.4. The number of phosphoric ester groups is 1.